The third kappa shape index (κ3) is 2.97. The van der Waals surface area contributed by atoms with Gasteiger partial charge in [0.2, 0.25) is 0 Å². The van der Waals surface area contributed by atoms with Gasteiger partial charge in [-0.15, -0.1) is 0 Å². The Balaban J connectivity index is 2.17. The molecule has 17 heavy (non-hydrogen) atoms. The van der Waals surface area contributed by atoms with E-state index in [1.165, 1.54) is 0 Å². The van der Waals surface area contributed by atoms with Gasteiger partial charge in [0, 0.05) is 12.2 Å². The van der Waals surface area contributed by atoms with E-state index in [2.05, 4.69) is 26.2 Å². The van der Waals surface area contributed by atoms with E-state index in [9.17, 15) is 5.11 Å². The molecule has 1 unspecified atom stereocenters. The predicted octanol–water partition coefficient (Wildman–Crippen LogP) is 3.72. The van der Waals surface area contributed by atoms with E-state index in [4.69, 9.17) is 0 Å². The van der Waals surface area contributed by atoms with E-state index in [1.807, 2.05) is 31.2 Å². The maximum Gasteiger partial charge on any atom is 0.129 e. The summed E-state index contributed by atoms with van der Waals surface area (Å²) in [6.45, 7) is 2.04. The fourth-order valence-electron chi connectivity index (χ4n) is 1.60. The summed E-state index contributed by atoms with van der Waals surface area (Å²) in [4.78, 5) is 4.15. The molecule has 0 amide bonds. The van der Waals surface area contributed by atoms with Gasteiger partial charge >= 0.3 is 0 Å². The van der Waals surface area contributed by atoms with Gasteiger partial charge in [0.1, 0.15) is 10.4 Å². The summed E-state index contributed by atoms with van der Waals surface area (Å²) < 4.78 is 0.784. The highest BCUT2D eigenvalue weighted by molar-refractivity contribution is 9.10. The molecule has 88 valence electrons. The number of nitrogens with zero attached hydrogens (tertiary/aromatic N) is 1. The molecule has 0 bridgehead atoms. The molecule has 0 spiro atoms. The average Bonchev–Trinajstić information content (AvgIpc) is 2.32. The first-order valence-corrected chi connectivity index (χ1v) is 6.12. The van der Waals surface area contributed by atoms with Crippen molar-refractivity contribution in [2.75, 3.05) is 5.32 Å². The number of hydrogen-bond acceptors (Lipinski definition) is 3. The highest BCUT2D eigenvalue weighted by atomic mass is 79.9. The van der Waals surface area contributed by atoms with Gasteiger partial charge < -0.3 is 10.4 Å². The zero-order valence-corrected chi connectivity index (χ0v) is 11.0. The summed E-state index contributed by atoms with van der Waals surface area (Å²) in [5, 5.41) is 12.8. The number of hydrogen-bond donors (Lipinski definition) is 2. The molecule has 1 heterocycles. The number of benzene rings is 1. The van der Waals surface area contributed by atoms with Crippen molar-refractivity contribution in [1.29, 1.82) is 0 Å². The molecule has 0 aliphatic carbocycles. The van der Waals surface area contributed by atoms with Crippen LogP contribution in [0, 0.1) is 0 Å². The SMILES string of the molecule is CC(Nc1cccnc1Br)c1cccc(O)c1. The van der Waals surface area contributed by atoms with Crippen molar-refractivity contribution in [3.8, 4) is 5.75 Å². The van der Waals surface area contributed by atoms with Crippen LogP contribution in [0.1, 0.15) is 18.5 Å². The van der Waals surface area contributed by atoms with Gasteiger partial charge in [-0.1, -0.05) is 12.1 Å². The quantitative estimate of drug-likeness (QED) is 0.848. The standard InChI is InChI=1S/C13H13BrN2O/c1-9(10-4-2-5-11(17)8-10)16-12-6-3-7-15-13(12)14/h2-9,16-17H,1H3. The fourth-order valence-corrected chi connectivity index (χ4v) is 1.97. The normalized spacial score (nSPS) is 12.1. The zero-order valence-electron chi connectivity index (χ0n) is 9.39. The van der Waals surface area contributed by atoms with Crippen molar-refractivity contribution in [3.63, 3.8) is 0 Å². The number of halogens is 1. The molecule has 0 aliphatic rings. The van der Waals surface area contributed by atoms with Crippen molar-refractivity contribution in [3.05, 3.63) is 52.8 Å². The molecule has 0 saturated carbocycles. The Morgan fingerprint density at radius 3 is 2.82 bits per heavy atom. The Morgan fingerprint density at radius 1 is 1.29 bits per heavy atom. The summed E-state index contributed by atoms with van der Waals surface area (Å²) in [5.74, 6) is 0.279. The number of nitrogens with one attached hydrogen (secondary N) is 1. The van der Waals surface area contributed by atoms with Crippen LogP contribution in [0.3, 0.4) is 0 Å². The van der Waals surface area contributed by atoms with Gasteiger partial charge in [-0.05, 0) is 52.7 Å². The zero-order chi connectivity index (χ0) is 12.3. The lowest BCUT2D eigenvalue weighted by Crippen LogP contribution is -2.07. The minimum absolute atomic E-state index is 0.0996. The van der Waals surface area contributed by atoms with Crippen LogP contribution in [0.25, 0.3) is 0 Å². The smallest absolute Gasteiger partial charge is 0.129 e. The van der Waals surface area contributed by atoms with Crippen LogP contribution in [0.5, 0.6) is 5.75 Å². The number of rotatable bonds is 3. The molecule has 0 radical (unpaired) electrons. The van der Waals surface area contributed by atoms with Crippen LogP contribution in [0.15, 0.2) is 47.2 Å². The van der Waals surface area contributed by atoms with E-state index in [1.54, 1.807) is 18.3 Å². The molecule has 2 rings (SSSR count). The number of aromatic hydroxyl groups is 1. The lowest BCUT2D eigenvalue weighted by atomic mass is 10.1. The van der Waals surface area contributed by atoms with Crippen LogP contribution in [0.2, 0.25) is 0 Å². The van der Waals surface area contributed by atoms with Crippen molar-refractivity contribution in [2.24, 2.45) is 0 Å². The van der Waals surface area contributed by atoms with Crippen LogP contribution in [0.4, 0.5) is 5.69 Å². The highest BCUT2D eigenvalue weighted by Gasteiger charge is 2.07. The first-order chi connectivity index (χ1) is 8.16. The molecule has 0 fully saturated rings. The first kappa shape index (κ1) is 11.9. The van der Waals surface area contributed by atoms with Crippen LogP contribution in [-0.4, -0.2) is 10.1 Å². The third-order valence-corrected chi connectivity index (χ3v) is 3.13. The van der Waals surface area contributed by atoms with Gasteiger partial charge in [-0.3, -0.25) is 0 Å². The maximum absolute atomic E-state index is 9.43. The average molecular weight is 293 g/mol. The highest BCUT2D eigenvalue weighted by Crippen LogP contribution is 2.25. The second kappa shape index (κ2) is 5.19. The molecular formula is C13H13BrN2O. The van der Waals surface area contributed by atoms with E-state index < -0.39 is 0 Å². The lowest BCUT2D eigenvalue weighted by Gasteiger charge is -2.16. The van der Waals surface area contributed by atoms with Crippen molar-refractivity contribution < 1.29 is 5.11 Å². The first-order valence-electron chi connectivity index (χ1n) is 5.33. The minimum atomic E-state index is 0.0996. The topological polar surface area (TPSA) is 45.2 Å². The molecule has 2 N–H and O–H groups in total. The number of phenolic OH excluding ortho intramolecular Hbond substituents is 1. The van der Waals surface area contributed by atoms with Crippen LogP contribution < -0.4 is 5.32 Å². The Hall–Kier alpha value is -1.55. The van der Waals surface area contributed by atoms with Crippen LogP contribution in [-0.2, 0) is 0 Å². The van der Waals surface area contributed by atoms with Gasteiger partial charge in [0.25, 0.3) is 0 Å². The number of phenols is 1. The number of aromatic nitrogens is 1. The third-order valence-electron chi connectivity index (χ3n) is 2.50. The Kier molecular flexibility index (Phi) is 3.64. The summed E-state index contributed by atoms with van der Waals surface area (Å²) >= 11 is 3.39. The second-order valence-corrected chi connectivity index (χ2v) is 4.55. The Bertz CT molecular complexity index is 516. The number of pyridine rings is 1. The number of anilines is 1. The van der Waals surface area contributed by atoms with Crippen molar-refractivity contribution in [1.82, 2.24) is 4.98 Å². The lowest BCUT2D eigenvalue weighted by molar-refractivity contribution is 0.474. The molecule has 4 heteroatoms. The summed E-state index contributed by atoms with van der Waals surface area (Å²) in [7, 11) is 0. The largest absolute Gasteiger partial charge is 0.508 e. The summed E-state index contributed by atoms with van der Waals surface area (Å²) in [6.07, 6.45) is 1.73. The van der Waals surface area contributed by atoms with Crippen molar-refractivity contribution >= 4 is 21.6 Å². The fraction of sp³-hybridized carbons (Fsp3) is 0.154. The molecule has 1 aromatic carbocycles. The van der Waals surface area contributed by atoms with E-state index in [-0.39, 0.29) is 11.8 Å². The molecular weight excluding hydrogens is 280 g/mol. The monoisotopic (exact) mass is 292 g/mol. The van der Waals surface area contributed by atoms with Gasteiger partial charge in [-0.25, -0.2) is 4.98 Å². The minimum Gasteiger partial charge on any atom is -0.508 e. The van der Waals surface area contributed by atoms with Gasteiger partial charge in [-0.2, -0.15) is 0 Å². The molecule has 2 aromatic rings. The second-order valence-electron chi connectivity index (χ2n) is 3.80. The van der Waals surface area contributed by atoms with E-state index in [0.717, 1.165) is 15.9 Å². The van der Waals surface area contributed by atoms with Crippen LogP contribution >= 0.6 is 15.9 Å². The predicted molar refractivity (Wildman–Crippen MR) is 72.1 cm³/mol. The van der Waals surface area contributed by atoms with Gasteiger partial charge in [0.05, 0.1) is 5.69 Å². The van der Waals surface area contributed by atoms with E-state index in [0.29, 0.717) is 0 Å². The molecule has 1 aromatic heterocycles. The molecule has 1 atom stereocenters. The Labute approximate surface area is 109 Å². The van der Waals surface area contributed by atoms with E-state index >= 15 is 0 Å². The maximum atomic E-state index is 9.43. The van der Waals surface area contributed by atoms with Crippen molar-refractivity contribution in [2.45, 2.75) is 13.0 Å². The van der Waals surface area contributed by atoms with Gasteiger partial charge in [0.15, 0.2) is 0 Å². The summed E-state index contributed by atoms with van der Waals surface area (Å²) in [5.41, 5.74) is 1.96. The Morgan fingerprint density at radius 2 is 2.12 bits per heavy atom. The molecule has 0 aliphatic heterocycles. The molecule has 3 nitrogen and oxygen atoms in total. The molecule has 0 saturated heterocycles. The summed E-state index contributed by atoms with van der Waals surface area (Å²) in [6, 6.07) is 11.2.